The van der Waals surface area contributed by atoms with Gasteiger partial charge in [0.25, 0.3) is 0 Å². The van der Waals surface area contributed by atoms with E-state index in [4.69, 9.17) is 27.8 Å². The first-order chi connectivity index (χ1) is 20.9. The Bertz CT molecular complexity index is 1570. The maximum Gasteiger partial charge on any atom is 0.242 e. The Hall–Kier alpha value is -3.58. The van der Waals surface area contributed by atoms with Gasteiger partial charge in [0, 0.05) is 46.9 Å². The van der Waals surface area contributed by atoms with E-state index in [0.717, 1.165) is 5.56 Å². The third-order valence-corrected chi connectivity index (χ3v) is 8.96. The van der Waals surface area contributed by atoms with Gasteiger partial charge in [-0.15, -0.1) is 0 Å². The van der Waals surface area contributed by atoms with E-state index in [0.29, 0.717) is 35.1 Å². The zero-order valence-electron chi connectivity index (χ0n) is 24.7. The highest BCUT2D eigenvalue weighted by atomic mass is 35.5. The van der Waals surface area contributed by atoms with Crippen molar-refractivity contribution in [2.24, 2.45) is 16.5 Å². The molecule has 0 bridgehead atoms. The summed E-state index contributed by atoms with van der Waals surface area (Å²) in [5, 5.41) is 3.33. The van der Waals surface area contributed by atoms with E-state index >= 15 is 4.39 Å². The fourth-order valence-electron chi connectivity index (χ4n) is 5.03. The van der Waals surface area contributed by atoms with E-state index in [-0.39, 0.29) is 42.5 Å². The Kier molecular flexibility index (Phi) is 11.3. The maximum absolute atomic E-state index is 15.1. The predicted molar refractivity (Wildman–Crippen MR) is 171 cm³/mol. The molecule has 0 radical (unpaired) electrons. The van der Waals surface area contributed by atoms with Crippen LogP contribution in [0.15, 0.2) is 65.8 Å². The summed E-state index contributed by atoms with van der Waals surface area (Å²) in [6.45, 7) is 3.92. The number of hydrogen-bond acceptors (Lipinski definition) is 8. The number of carbonyl (C=O) groups excluding carboxylic acids is 1. The van der Waals surface area contributed by atoms with Gasteiger partial charge in [-0.1, -0.05) is 35.9 Å². The number of carbonyl (C=O) groups is 1. The SMILES string of the molecule is CC(C)Oc1ccc([C@H](c2ccc(Cl)cc2)[C@H](N)C(=O)Nc2cccc(F)c2CCC2CN=C(N)CCCS(=O)(=O)N2)cn1. The molecule has 1 aliphatic heterocycles. The summed E-state index contributed by atoms with van der Waals surface area (Å²) in [6.07, 6.45) is 2.67. The molecule has 44 heavy (non-hydrogen) atoms. The van der Waals surface area contributed by atoms with Crippen molar-refractivity contribution < 1.29 is 22.3 Å². The van der Waals surface area contributed by atoms with Crippen molar-refractivity contribution in [1.82, 2.24) is 9.71 Å². The van der Waals surface area contributed by atoms with Crippen LogP contribution in [0.4, 0.5) is 10.1 Å². The largest absolute Gasteiger partial charge is 0.475 e. The lowest BCUT2D eigenvalue weighted by atomic mass is 9.85. The Morgan fingerprint density at radius 2 is 1.89 bits per heavy atom. The molecule has 4 rings (SSSR count). The van der Waals surface area contributed by atoms with Crippen LogP contribution >= 0.6 is 11.6 Å². The number of ether oxygens (including phenoxy) is 1. The maximum atomic E-state index is 15.1. The highest BCUT2D eigenvalue weighted by molar-refractivity contribution is 7.89. The van der Waals surface area contributed by atoms with Gasteiger partial charge in [0.1, 0.15) is 5.82 Å². The molecule has 1 aromatic heterocycles. The summed E-state index contributed by atoms with van der Waals surface area (Å²) in [5.41, 5.74) is 14.4. The molecule has 0 saturated carbocycles. The number of anilines is 1. The van der Waals surface area contributed by atoms with Crippen LogP contribution in [-0.2, 0) is 21.2 Å². The van der Waals surface area contributed by atoms with Crippen LogP contribution in [0.3, 0.4) is 0 Å². The molecule has 0 spiro atoms. The topological polar surface area (TPSA) is 162 Å². The molecule has 13 heteroatoms. The number of nitrogens with two attached hydrogens (primary N) is 2. The highest BCUT2D eigenvalue weighted by Crippen LogP contribution is 2.30. The Labute approximate surface area is 262 Å². The molecule has 0 aliphatic carbocycles. The number of rotatable bonds is 10. The van der Waals surface area contributed by atoms with Gasteiger partial charge < -0.3 is 21.5 Å². The van der Waals surface area contributed by atoms with Gasteiger partial charge in [0.05, 0.1) is 30.3 Å². The molecule has 2 heterocycles. The van der Waals surface area contributed by atoms with Crippen LogP contribution < -0.4 is 26.2 Å². The molecule has 0 fully saturated rings. The molecule has 3 atom stereocenters. The normalized spacial score (nSPS) is 18.3. The molecule has 2 aromatic carbocycles. The van der Waals surface area contributed by atoms with E-state index in [9.17, 15) is 13.2 Å². The van der Waals surface area contributed by atoms with Gasteiger partial charge in [-0.3, -0.25) is 9.79 Å². The fourth-order valence-corrected chi connectivity index (χ4v) is 6.50. The van der Waals surface area contributed by atoms with Crippen LogP contribution in [-0.4, -0.2) is 55.6 Å². The first-order valence-corrected chi connectivity index (χ1v) is 16.5. The van der Waals surface area contributed by atoms with E-state index in [1.54, 1.807) is 48.7 Å². The molecule has 3 aromatic rings. The van der Waals surface area contributed by atoms with Crippen molar-refractivity contribution in [3.8, 4) is 5.88 Å². The number of aromatic nitrogens is 1. The number of benzene rings is 2. The Morgan fingerprint density at radius 3 is 2.57 bits per heavy atom. The van der Waals surface area contributed by atoms with Crippen molar-refractivity contribution >= 4 is 39.1 Å². The van der Waals surface area contributed by atoms with Crippen LogP contribution in [0.25, 0.3) is 0 Å². The van der Waals surface area contributed by atoms with E-state index in [1.165, 1.54) is 12.1 Å². The number of sulfonamides is 1. The molecule has 1 unspecified atom stereocenters. The first-order valence-electron chi connectivity index (χ1n) is 14.4. The molecular weight excluding hydrogens is 607 g/mol. The van der Waals surface area contributed by atoms with E-state index < -0.39 is 39.7 Å². The van der Waals surface area contributed by atoms with Crippen LogP contribution in [0.2, 0.25) is 5.02 Å². The Morgan fingerprint density at radius 1 is 1.16 bits per heavy atom. The fraction of sp³-hybridized carbons (Fsp3) is 0.387. The smallest absolute Gasteiger partial charge is 0.242 e. The average Bonchev–Trinajstić information content (AvgIpc) is 3.02. The number of amidine groups is 1. The molecule has 0 saturated heterocycles. The lowest BCUT2D eigenvalue weighted by Gasteiger charge is -2.25. The van der Waals surface area contributed by atoms with Crippen molar-refractivity contribution in [3.63, 3.8) is 0 Å². The second-order valence-electron chi connectivity index (χ2n) is 11.0. The van der Waals surface area contributed by atoms with Crippen molar-refractivity contribution in [1.29, 1.82) is 0 Å². The van der Waals surface area contributed by atoms with Gasteiger partial charge >= 0.3 is 0 Å². The summed E-state index contributed by atoms with van der Waals surface area (Å²) < 4.78 is 48.4. The molecule has 1 amide bonds. The predicted octanol–water partition coefficient (Wildman–Crippen LogP) is 4.13. The summed E-state index contributed by atoms with van der Waals surface area (Å²) in [7, 11) is -3.55. The van der Waals surface area contributed by atoms with Crippen molar-refractivity contribution in [2.75, 3.05) is 17.6 Å². The molecule has 1 aliphatic rings. The zero-order valence-corrected chi connectivity index (χ0v) is 26.2. The quantitative estimate of drug-likeness (QED) is 0.258. The Balaban J connectivity index is 1.56. The number of nitrogens with zero attached hydrogens (tertiary/aromatic N) is 2. The molecule has 10 nitrogen and oxygen atoms in total. The standard InChI is InChI=1S/C31H38ClFN6O4S/c1-19(2)43-28-15-10-21(17-37-28)29(20-8-11-22(32)12-9-20)30(35)31(40)38-26-6-3-5-25(33)24(26)14-13-23-18-36-27(34)7-4-16-44(41,42)39-23/h3,5-6,8-12,15,17,19,23,29-30,39H,4,7,13-14,16,18,35H2,1-2H3,(H2,34,36)(H,38,40)/t23?,29-,30-/m0/s1. The number of amides is 1. The minimum atomic E-state index is -3.55. The first kappa shape index (κ1) is 33.3. The molecular formula is C31H38ClFN6O4S. The summed E-state index contributed by atoms with van der Waals surface area (Å²) in [6, 6.07) is 13.2. The third kappa shape index (κ3) is 9.21. The van der Waals surface area contributed by atoms with Crippen molar-refractivity contribution in [3.05, 3.63) is 88.3 Å². The van der Waals surface area contributed by atoms with E-state index in [2.05, 4.69) is 20.0 Å². The average molecular weight is 645 g/mol. The zero-order chi connectivity index (χ0) is 31.9. The lowest BCUT2D eigenvalue weighted by molar-refractivity contribution is -0.117. The van der Waals surface area contributed by atoms with Crippen molar-refractivity contribution in [2.45, 2.75) is 63.6 Å². The van der Waals surface area contributed by atoms with Gasteiger partial charge in [0.2, 0.25) is 21.8 Å². The monoisotopic (exact) mass is 644 g/mol. The molecule has 236 valence electrons. The van der Waals surface area contributed by atoms with Gasteiger partial charge in [-0.25, -0.2) is 22.5 Å². The van der Waals surface area contributed by atoms with E-state index in [1.807, 2.05) is 13.8 Å². The van der Waals surface area contributed by atoms with Gasteiger partial charge in [-0.2, -0.15) is 0 Å². The van der Waals surface area contributed by atoms with Gasteiger partial charge in [-0.05, 0) is 68.5 Å². The van der Waals surface area contributed by atoms with Crippen LogP contribution in [0.5, 0.6) is 5.88 Å². The molecule has 6 N–H and O–H groups in total. The second kappa shape index (κ2) is 14.9. The minimum absolute atomic E-state index is 0.0588. The number of hydrogen-bond donors (Lipinski definition) is 4. The number of aliphatic imine (C=N–C) groups is 1. The third-order valence-electron chi connectivity index (χ3n) is 7.19. The number of pyridine rings is 1. The number of halogens is 2. The van der Waals surface area contributed by atoms with Gasteiger partial charge in [0.15, 0.2) is 0 Å². The number of nitrogens with one attached hydrogen (secondary N) is 2. The summed E-state index contributed by atoms with van der Waals surface area (Å²) in [4.78, 5) is 22.3. The highest BCUT2D eigenvalue weighted by Gasteiger charge is 2.29. The minimum Gasteiger partial charge on any atom is -0.475 e. The lowest BCUT2D eigenvalue weighted by Crippen LogP contribution is -2.41. The van der Waals surface area contributed by atoms with Crippen LogP contribution in [0.1, 0.15) is 55.7 Å². The second-order valence-corrected chi connectivity index (χ2v) is 13.3. The summed E-state index contributed by atoms with van der Waals surface area (Å²) in [5.74, 6) is -0.937. The van der Waals surface area contributed by atoms with Crippen LogP contribution in [0, 0.1) is 5.82 Å². The summed E-state index contributed by atoms with van der Waals surface area (Å²) >= 11 is 6.12.